The number of hydrogen-bond donors (Lipinski definition) is 1. The van der Waals surface area contributed by atoms with Gasteiger partial charge in [-0.15, -0.1) is 0 Å². The third-order valence-electron chi connectivity index (χ3n) is 4.00. The number of hydrogen-bond acceptors (Lipinski definition) is 3. The Kier molecular flexibility index (Phi) is 4.51. The number of carbonyl (C=O) groups is 1. The minimum absolute atomic E-state index is 0.126. The van der Waals surface area contributed by atoms with Gasteiger partial charge in [-0.1, -0.05) is 24.6 Å². The van der Waals surface area contributed by atoms with E-state index in [2.05, 4.69) is 10.4 Å². The Bertz CT molecular complexity index is 830. The lowest BCUT2D eigenvalue weighted by atomic mass is 10.1. The third kappa shape index (κ3) is 3.11. The summed E-state index contributed by atoms with van der Waals surface area (Å²) >= 11 is 0. The molecule has 0 saturated heterocycles. The molecule has 0 fully saturated rings. The fourth-order valence-electron chi connectivity index (χ4n) is 2.77. The Morgan fingerprint density at radius 3 is 2.58 bits per heavy atom. The fraction of sp³-hybridized carbons (Fsp3) is 0.263. The van der Waals surface area contributed by atoms with Gasteiger partial charge in [-0.3, -0.25) is 4.79 Å². The molecule has 0 aliphatic carbocycles. The molecule has 3 aromatic rings. The number of aryl methyl sites for hydroxylation is 2. The zero-order valence-corrected chi connectivity index (χ0v) is 14.2. The molecule has 24 heavy (non-hydrogen) atoms. The fourth-order valence-corrected chi connectivity index (χ4v) is 2.77. The zero-order valence-electron chi connectivity index (χ0n) is 14.2. The standard InChI is InChI=1S/C19H21N3O2/c1-4-17-18(19(23)20-12-16-6-5-11-24-16)14(3)21-22(17)15-9-7-13(2)8-10-15/h5-11H,4,12H2,1-3H3,(H,20,23). The number of nitrogens with zero attached hydrogens (tertiary/aromatic N) is 2. The summed E-state index contributed by atoms with van der Waals surface area (Å²) in [7, 11) is 0. The third-order valence-corrected chi connectivity index (χ3v) is 4.00. The quantitative estimate of drug-likeness (QED) is 0.781. The number of aromatic nitrogens is 2. The van der Waals surface area contributed by atoms with Gasteiger partial charge in [-0.05, 0) is 44.5 Å². The highest BCUT2D eigenvalue weighted by Crippen LogP contribution is 2.20. The molecule has 1 aromatic carbocycles. The minimum Gasteiger partial charge on any atom is -0.467 e. The second-order valence-electron chi connectivity index (χ2n) is 5.77. The van der Waals surface area contributed by atoms with E-state index in [1.54, 1.807) is 12.3 Å². The monoisotopic (exact) mass is 323 g/mol. The predicted octanol–water partition coefficient (Wildman–Crippen LogP) is 3.57. The summed E-state index contributed by atoms with van der Waals surface area (Å²) in [5, 5.41) is 7.48. The molecule has 1 amide bonds. The maximum atomic E-state index is 12.6. The van der Waals surface area contributed by atoms with Crippen LogP contribution in [-0.2, 0) is 13.0 Å². The molecular weight excluding hydrogens is 302 g/mol. The van der Waals surface area contributed by atoms with Crippen molar-refractivity contribution in [2.75, 3.05) is 0 Å². The van der Waals surface area contributed by atoms with E-state index in [0.717, 1.165) is 29.3 Å². The van der Waals surface area contributed by atoms with Gasteiger partial charge in [0.1, 0.15) is 5.76 Å². The Balaban J connectivity index is 1.90. The average molecular weight is 323 g/mol. The number of carbonyl (C=O) groups excluding carboxylic acids is 1. The van der Waals surface area contributed by atoms with Crippen LogP contribution in [0.3, 0.4) is 0 Å². The van der Waals surface area contributed by atoms with Crippen molar-refractivity contribution in [2.24, 2.45) is 0 Å². The summed E-state index contributed by atoms with van der Waals surface area (Å²) in [4.78, 5) is 12.6. The minimum atomic E-state index is -0.126. The normalized spacial score (nSPS) is 10.8. The van der Waals surface area contributed by atoms with Crippen LogP contribution in [-0.4, -0.2) is 15.7 Å². The first-order chi connectivity index (χ1) is 11.6. The van der Waals surface area contributed by atoms with E-state index >= 15 is 0 Å². The lowest BCUT2D eigenvalue weighted by molar-refractivity contribution is 0.0946. The zero-order chi connectivity index (χ0) is 17.1. The molecule has 124 valence electrons. The Labute approximate surface area is 141 Å². The highest BCUT2D eigenvalue weighted by Gasteiger charge is 2.21. The summed E-state index contributed by atoms with van der Waals surface area (Å²) < 4.78 is 7.11. The summed E-state index contributed by atoms with van der Waals surface area (Å²) in [6, 6.07) is 11.8. The first kappa shape index (κ1) is 16.1. The smallest absolute Gasteiger partial charge is 0.255 e. The van der Waals surface area contributed by atoms with Crippen molar-refractivity contribution < 1.29 is 9.21 Å². The first-order valence-electron chi connectivity index (χ1n) is 8.06. The summed E-state index contributed by atoms with van der Waals surface area (Å²) in [5.74, 6) is 0.601. The van der Waals surface area contributed by atoms with Crippen LogP contribution in [0.1, 0.15) is 40.0 Å². The van der Waals surface area contributed by atoms with Crippen LogP contribution in [0.4, 0.5) is 0 Å². The van der Waals surface area contributed by atoms with Crippen molar-refractivity contribution in [3.05, 3.63) is 70.9 Å². The van der Waals surface area contributed by atoms with Gasteiger partial charge >= 0.3 is 0 Å². The van der Waals surface area contributed by atoms with Crippen molar-refractivity contribution in [2.45, 2.75) is 33.7 Å². The molecule has 1 N–H and O–H groups in total. The van der Waals surface area contributed by atoms with Gasteiger partial charge in [0.05, 0.1) is 35.4 Å². The molecular formula is C19H21N3O2. The Morgan fingerprint density at radius 1 is 1.21 bits per heavy atom. The van der Waals surface area contributed by atoms with E-state index in [-0.39, 0.29) is 5.91 Å². The van der Waals surface area contributed by atoms with Crippen LogP contribution in [0.5, 0.6) is 0 Å². The second-order valence-corrected chi connectivity index (χ2v) is 5.77. The van der Waals surface area contributed by atoms with Crippen LogP contribution >= 0.6 is 0 Å². The highest BCUT2D eigenvalue weighted by molar-refractivity contribution is 5.96. The molecule has 2 heterocycles. The molecule has 0 aliphatic heterocycles. The van der Waals surface area contributed by atoms with Gasteiger partial charge in [0.15, 0.2) is 0 Å². The number of amides is 1. The highest BCUT2D eigenvalue weighted by atomic mass is 16.3. The summed E-state index contributed by atoms with van der Waals surface area (Å²) in [6.45, 7) is 6.31. The lowest BCUT2D eigenvalue weighted by Crippen LogP contribution is -2.24. The van der Waals surface area contributed by atoms with E-state index in [9.17, 15) is 4.79 Å². The van der Waals surface area contributed by atoms with Crippen LogP contribution < -0.4 is 5.32 Å². The molecule has 3 rings (SSSR count). The maximum absolute atomic E-state index is 12.6. The van der Waals surface area contributed by atoms with E-state index in [4.69, 9.17) is 4.42 Å². The molecule has 5 heteroatoms. The van der Waals surface area contributed by atoms with Crippen molar-refractivity contribution in [3.63, 3.8) is 0 Å². The summed E-state index contributed by atoms with van der Waals surface area (Å²) in [5.41, 5.74) is 4.44. The molecule has 0 bridgehead atoms. The van der Waals surface area contributed by atoms with Crippen LogP contribution in [0.25, 0.3) is 5.69 Å². The van der Waals surface area contributed by atoms with E-state index in [1.807, 2.05) is 55.8 Å². The number of furan rings is 1. The largest absolute Gasteiger partial charge is 0.467 e. The molecule has 0 radical (unpaired) electrons. The topological polar surface area (TPSA) is 60.1 Å². The Hall–Kier alpha value is -2.82. The van der Waals surface area contributed by atoms with E-state index < -0.39 is 0 Å². The SMILES string of the molecule is CCc1c(C(=O)NCc2ccco2)c(C)nn1-c1ccc(C)cc1. The lowest BCUT2D eigenvalue weighted by Gasteiger charge is -2.08. The van der Waals surface area contributed by atoms with Gasteiger partial charge in [-0.25, -0.2) is 4.68 Å². The number of nitrogens with one attached hydrogen (secondary N) is 1. The van der Waals surface area contributed by atoms with Gasteiger partial charge in [0, 0.05) is 0 Å². The molecule has 5 nitrogen and oxygen atoms in total. The Morgan fingerprint density at radius 2 is 1.96 bits per heavy atom. The van der Waals surface area contributed by atoms with E-state index in [1.165, 1.54) is 5.56 Å². The first-order valence-corrected chi connectivity index (χ1v) is 8.06. The second kappa shape index (κ2) is 6.74. The van der Waals surface area contributed by atoms with Crippen molar-refractivity contribution in [1.82, 2.24) is 15.1 Å². The number of benzene rings is 1. The van der Waals surface area contributed by atoms with E-state index in [0.29, 0.717) is 12.1 Å². The van der Waals surface area contributed by atoms with Crippen LogP contribution in [0, 0.1) is 13.8 Å². The molecule has 0 saturated carbocycles. The van der Waals surface area contributed by atoms with Gasteiger partial charge in [-0.2, -0.15) is 5.10 Å². The van der Waals surface area contributed by atoms with Gasteiger partial charge < -0.3 is 9.73 Å². The molecule has 0 atom stereocenters. The maximum Gasteiger partial charge on any atom is 0.255 e. The van der Waals surface area contributed by atoms with Crippen LogP contribution in [0.2, 0.25) is 0 Å². The van der Waals surface area contributed by atoms with Crippen molar-refractivity contribution >= 4 is 5.91 Å². The predicted molar refractivity (Wildman–Crippen MR) is 92.3 cm³/mol. The summed E-state index contributed by atoms with van der Waals surface area (Å²) in [6.07, 6.45) is 2.32. The molecule has 2 aromatic heterocycles. The average Bonchev–Trinajstić information content (AvgIpc) is 3.20. The van der Waals surface area contributed by atoms with Crippen molar-refractivity contribution in [1.29, 1.82) is 0 Å². The van der Waals surface area contributed by atoms with Crippen LogP contribution in [0.15, 0.2) is 47.1 Å². The molecule has 0 aliphatic rings. The molecule has 0 spiro atoms. The number of rotatable bonds is 5. The van der Waals surface area contributed by atoms with Gasteiger partial charge in [0.25, 0.3) is 5.91 Å². The van der Waals surface area contributed by atoms with Gasteiger partial charge in [0.2, 0.25) is 0 Å². The van der Waals surface area contributed by atoms with Crippen molar-refractivity contribution in [3.8, 4) is 5.69 Å². The molecule has 0 unspecified atom stereocenters.